The first-order valence-electron chi connectivity index (χ1n) is 7.93. The van der Waals surface area contributed by atoms with Gasteiger partial charge in [-0.15, -0.1) is 0 Å². The maximum absolute atomic E-state index is 12.6. The van der Waals surface area contributed by atoms with Crippen molar-refractivity contribution in [1.29, 1.82) is 0 Å². The van der Waals surface area contributed by atoms with Crippen molar-refractivity contribution in [2.45, 2.75) is 39.9 Å². The summed E-state index contributed by atoms with van der Waals surface area (Å²) in [6.07, 6.45) is -4.49. The zero-order valence-electron chi connectivity index (χ0n) is 14.7. The first kappa shape index (κ1) is 20.8. The Morgan fingerprint density at radius 2 is 1.92 bits per heavy atom. The highest BCUT2D eigenvalue weighted by Crippen LogP contribution is 2.24. The van der Waals surface area contributed by atoms with E-state index in [0.29, 0.717) is 17.0 Å². The lowest BCUT2D eigenvalue weighted by Gasteiger charge is -2.28. The third-order valence-electron chi connectivity index (χ3n) is 3.43. The molecule has 0 aliphatic carbocycles. The molecule has 0 spiro atoms. The van der Waals surface area contributed by atoms with Crippen LogP contribution in [0.25, 0.3) is 0 Å². The summed E-state index contributed by atoms with van der Waals surface area (Å²) in [5.41, 5.74) is 0.852. The molecule has 0 saturated carbocycles. The Hall–Kier alpha value is -2.25. The molecule has 1 rings (SSSR count). The quantitative estimate of drug-likeness (QED) is 0.813. The molecular weight excluding hydrogens is 337 g/mol. The lowest BCUT2D eigenvalue weighted by Crippen LogP contribution is -2.45. The van der Waals surface area contributed by atoms with Gasteiger partial charge in [0.2, 0.25) is 0 Å². The summed E-state index contributed by atoms with van der Waals surface area (Å²) in [7, 11) is 0. The summed E-state index contributed by atoms with van der Waals surface area (Å²) in [5.74, 6) is -0.973. The molecule has 0 atom stereocenters. The molecule has 5 nitrogen and oxygen atoms in total. The minimum Gasteiger partial charge on any atom is -0.483 e. The molecule has 1 N–H and O–H groups in total. The van der Waals surface area contributed by atoms with E-state index in [9.17, 15) is 22.8 Å². The summed E-state index contributed by atoms with van der Waals surface area (Å²) in [4.78, 5) is 24.9. The molecule has 0 saturated heterocycles. The summed E-state index contributed by atoms with van der Waals surface area (Å²) < 4.78 is 43.3. The Kier molecular flexibility index (Phi) is 7.26. The van der Waals surface area contributed by atoms with Crippen molar-refractivity contribution in [3.05, 3.63) is 29.3 Å². The molecule has 2 amide bonds. The van der Waals surface area contributed by atoms with E-state index in [2.05, 4.69) is 5.32 Å². The van der Waals surface area contributed by atoms with Crippen molar-refractivity contribution in [2.24, 2.45) is 0 Å². The number of aryl methyl sites for hydroxylation is 1. The number of amides is 2. The molecule has 0 fully saturated rings. The second kappa shape index (κ2) is 8.73. The Morgan fingerprint density at radius 3 is 2.44 bits per heavy atom. The smallest absolute Gasteiger partial charge is 0.406 e. The van der Waals surface area contributed by atoms with E-state index in [-0.39, 0.29) is 17.2 Å². The molecule has 1 aromatic rings. The molecular formula is C17H23F3N2O3. The summed E-state index contributed by atoms with van der Waals surface area (Å²) in [6.45, 7) is 4.94. The molecule has 8 heteroatoms. The highest BCUT2D eigenvalue weighted by atomic mass is 19.4. The van der Waals surface area contributed by atoms with Gasteiger partial charge in [0.15, 0.2) is 6.61 Å². The SMILES string of the molecule is CCNC(=O)c1cccc(C)c1OCC(=O)N(CC(F)(F)F)C(C)C. The normalized spacial score (nSPS) is 11.4. The van der Waals surface area contributed by atoms with Crippen LogP contribution in [0.2, 0.25) is 0 Å². The van der Waals surface area contributed by atoms with Crippen LogP contribution in [0.15, 0.2) is 18.2 Å². The van der Waals surface area contributed by atoms with Gasteiger partial charge in [0.05, 0.1) is 5.56 Å². The largest absolute Gasteiger partial charge is 0.483 e. The van der Waals surface area contributed by atoms with Gasteiger partial charge >= 0.3 is 6.18 Å². The second-order valence-electron chi connectivity index (χ2n) is 5.83. The standard InChI is InChI=1S/C17H23F3N2O3/c1-5-21-16(24)13-8-6-7-12(4)15(13)25-9-14(23)22(11(2)3)10-17(18,19)20/h6-8,11H,5,9-10H2,1-4H3,(H,21,24). The highest BCUT2D eigenvalue weighted by Gasteiger charge is 2.34. The lowest BCUT2D eigenvalue weighted by atomic mass is 10.1. The van der Waals surface area contributed by atoms with Crippen molar-refractivity contribution >= 4 is 11.8 Å². The monoisotopic (exact) mass is 360 g/mol. The third kappa shape index (κ3) is 6.28. The van der Waals surface area contributed by atoms with Crippen LogP contribution in [0.4, 0.5) is 13.2 Å². The van der Waals surface area contributed by atoms with Crippen LogP contribution in [0.5, 0.6) is 5.75 Å². The Morgan fingerprint density at radius 1 is 1.28 bits per heavy atom. The zero-order valence-corrected chi connectivity index (χ0v) is 14.7. The predicted molar refractivity (Wildman–Crippen MR) is 87.6 cm³/mol. The number of rotatable bonds is 7. The Bertz CT molecular complexity index is 616. The van der Waals surface area contributed by atoms with E-state index in [4.69, 9.17) is 4.74 Å². The van der Waals surface area contributed by atoms with Crippen LogP contribution >= 0.6 is 0 Å². The first-order valence-corrected chi connectivity index (χ1v) is 7.93. The topological polar surface area (TPSA) is 58.6 Å². The fraction of sp³-hybridized carbons (Fsp3) is 0.529. The second-order valence-corrected chi connectivity index (χ2v) is 5.83. The van der Waals surface area contributed by atoms with E-state index in [0.717, 1.165) is 0 Å². The van der Waals surface area contributed by atoms with Gasteiger partial charge in [-0.25, -0.2) is 0 Å². The number of hydrogen-bond donors (Lipinski definition) is 1. The molecule has 140 valence electrons. The van der Waals surface area contributed by atoms with Crippen LogP contribution in [0.3, 0.4) is 0 Å². The minimum absolute atomic E-state index is 0.192. The summed E-state index contributed by atoms with van der Waals surface area (Å²) in [5, 5.41) is 2.63. The van der Waals surface area contributed by atoms with Gasteiger partial charge < -0.3 is 15.0 Å². The van der Waals surface area contributed by atoms with Crippen molar-refractivity contribution in [3.8, 4) is 5.75 Å². The molecule has 1 aromatic carbocycles. The van der Waals surface area contributed by atoms with Crippen LogP contribution in [0.1, 0.15) is 36.7 Å². The first-order chi connectivity index (χ1) is 11.6. The Balaban J connectivity index is 2.92. The fourth-order valence-corrected chi connectivity index (χ4v) is 2.25. The lowest BCUT2D eigenvalue weighted by molar-refractivity contribution is -0.165. The average molecular weight is 360 g/mol. The van der Waals surface area contributed by atoms with Gasteiger partial charge in [-0.05, 0) is 39.3 Å². The van der Waals surface area contributed by atoms with Crippen molar-refractivity contribution < 1.29 is 27.5 Å². The molecule has 0 unspecified atom stereocenters. The molecule has 0 heterocycles. The Labute approximate surface area is 145 Å². The van der Waals surface area contributed by atoms with Gasteiger partial charge in [-0.3, -0.25) is 9.59 Å². The zero-order chi connectivity index (χ0) is 19.2. The number of ether oxygens (including phenoxy) is 1. The molecule has 0 aromatic heterocycles. The molecule has 0 radical (unpaired) electrons. The highest BCUT2D eigenvalue weighted by molar-refractivity contribution is 5.97. The van der Waals surface area contributed by atoms with Crippen LogP contribution in [-0.4, -0.2) is 48.6 Å². The number of carbonyl (C=O) groups is 2. The number of alkyl halides is 3. The number of halogens is 3. The maximum atomic E-state index is 12.6. The summed E-state index contributed by atoms with van der Waals surface area (Å²) in [6, 6.07) is 4.27. The van der Waals surface area contributed by atoms with Crippen molar-refractivity contribution in [3.63, 3.8) is 0 Å². The molecule has 0 aliphatic heterocycles. The van der Waals surface area contributed by atoms with Gasteiger partial charge in [0.25, 0.3) is 11.8 Å². The number of hydrogen-bond acceptors (Lipinski definition) is 3. The molecule has 25 heavy (non-hydrogen) atoms. The average Bonchev–Trinajstić information content (AvgIpc) is 2.50. The van der Waals surface area contributed by atoms with Crippen LogP contribution in [-0.2, 0) is 4.79 Å². The van der Waals surface area contributed by atoms with Gasteiger partial charge in [-0.1, -0.05) is 12.1 Å². The molecule has 0 bridgehead atoms. The fourth-order valence-electron chi connectivity index (χ4n) is 2.25. The van der Waals surface area contributed by atoms with Crippen LogP contribution in [0, 0.1) is 6.92 Å². The number of carbonyl (C=O) groups excluding carboxylic acids is 2. The van der Waals surface area contributed by atoms with Crippen LogP contribution < -0.4 is 10.1 Å². The number of nitrogens with zero attached hydrogens (tertiary/aromatic N) is 1. The van der Waals surface area contributed by atoms with E-state index in [1.165, 1.54) is 19.9 Å². The maximum Gasteiger partial charge on any atom is 0.406 e. The number of para-hydroxylation sites is 1. The van der Waals surface area contributed by atoms with E-state index >= 15 is 0 Å². The third-order valence-corrected chi connectivity index (χ3v) is 3.43. The predicted octanol–water partition coefficient (Wildman–Crippen LogP) is 2.92. The molecule has 0 aliphatic rings. The van der Waals surface area contributed by atoms with Gasteiger partial charge in [-0.2, -0.15) is 13.2 Å². The van der Waals surface area contributed by atoms with E-state index in [1.807, 2.05) is 0 Å². The van der Waals surface area contributed by atoms with E-state index in [1.54, 1.807) is 26.0 Å². The minimum atomic E-state index is -4.49. The van der Waals surface area contributed by atoms with Gasteiger partial charge in [0.1, 0.15) is 12.3 Å². The summed E-state index contributed by atoms with van der Waals surface area (Å²) >= 11 is 0. The van der Waals surface area contributed by atoms with Crippen molar-refractivity contribution in [1.82, 2.24) is 10.2 Å². The van der Waals surface area contributed by atoms with Crippen molar-refractivity contribution in [2.75, 3.05) is 19.7 Å². The van der Waals surface area contributed by atoms with E-state index < -0.39 is 31.3 Å². The number of nitrogens with one attached hydrogen (secondary N) is 1. The van der Waals surface area contributed by atoms with Gasteiger partial charge in [0, 0.05) is 12.6 Å². The number of benzene rings is 1.